The highest BCUT2D eigenvalue weighted by Gasteiger charge is 2.32. The molecule has 7 heteroatoms. The molecule has 0 bridgehead atoms. The lowest BCUT2D eigenvalue weighted by molar-refractivity contribution is -0.116. The number of rotatable bonds is 5. The van der Waals surface area contributed by atoms with Gasteiger partial charge in [0.05, 0.1) is 26.7 Å². The van der Waals surface area contributed by atoms with Crippen LogP contribution in [0.3, 0.4) is 0 Å². The molecule has 0 spiro atoms. The third-order valence-corrected chi connectivity index (χ3v) is 4.59. The summed E-state index contributed by atoms with van der Waals surface area (Å²) in [5.41, 5.74) is 1.89. The summed E-state index contributed by atoms with van der Waals surface area (Å²) in [6.45, 7) is 0.453. The zero-order valence-electron chi connectivity index (χ0n) is 14.6. The summed E-state index contributed by atoms with van der Waals surface area (Å²) in [4.78, 5) is 12.3. The van der Waals surface area contributed by atoms with E-state index in [1.165, 1.54) is 0 Å². The van der Waals surface area contributed by atoms with Crippen molar-refractivity contribution in [1.82, 2.24) is 9.78 Å². The van der Waals surface area contributed by atoms with Crippen LogP contribution in [0.4, 0.5) is 5.82 Å². The monoisotopic (exact) mass is 353 g/mol. The molecule has 1 aliphatic rings. The molecule has 3 heterocycles. The van der Waals surface area contributed by atoms with E-state index in [0.717, 1.165) is 16.9 Å². The third-order valence-electron chi connectivity index (χ3n) is 4.59. The van der Waals surface area contributed by atoms with Crippen LogP contribution in [0.1, 0.15) is 29.2 Å². The first kappa shape index (κ1) is 16.3. The van der Waals surface area contributed by atoms with E-state index in [0.29, 0.717) is 30.3 Å². The van der Waals surface area contributed by atoms with Gasteiger partial charge >= 0.3 is 0 Å². The number of fused-ring (bicyclic) bond motifs is 1. The number of ether oxygens (including phenoxy) is 2. The maximum Gasteiger partial charge on any atom is 0.226 e. The van der Waals surface area contributed by atoms with Crippen molar-refractivity contribution in [1.29, 1.82) is 0 Å². The molecule has 3 aromatic rings. The second kappa shape index (κ2) is 6.59. The fourth-order valence-corrected chi connectivity index (χ4v) is 3.32. The predicted octanol–water partition coefficient (Wildman–Crippen LogP) is 3.02. The molecule has 1 atom stereocenters. The summed E-state index contributed by atoms with van der Waals surface area (Å²) in [5, 5.41) is 7.38. The van der Waals surface area contributed by atoms with Crippen LogP contribution in [0.25, 0.3) is 0 Å². The van der Waals surface area contributed by atoms with E-state index in [2.05, 4.69) is 10.4 Å². The van der Waals surface area contributed by atoms with Crippen LogP contribution < -0.4 is 14.8 Å². The molecule has 26 heavy (non-hydrogen) atoms. The fraction of sp³-hybridized carbons (Fsp3) is 0.263. The van der Waals surface area contributed by atoms with E-state index in [4.69, 9.17) is 13.9 Å². The van der Waals surface area contributed by atoms with Crippen LogP contribution >= 0.6 is 0 Å². The molecule has 2 aromatic heterocycles. The molecule has 4 rings (SSSR count). The van der Waals surface area contributed by atoms with E-state index >= 15 is 0 Å². The number of nitrogens with one attached hydrogen (secondary N) is 1. The van der Waals surface area contributed by atoms with Crippen molar-refractivity contribution in [3.05, 3.63) is 59.7 Å². The quantitative estimate of drug-likeness (QED) is 0.763. The van der Waals surface area contributed by atoms with Crippen molar-refractivity contribution in [2.24, 2.45) is 0 Å². The van der Waals surface area contributed by atoms with Gasteiger partial charge in [-0.05, 0) is 18.2 Å². The molecule has 7 nitrogen and oxygen atoms in total. The molecule has 1 aromatic carbocycles. The number of carbonyl (C=O) groups excluding carboxylic acids is 1. The molecule has 0 saturated carbocycles. The van der Waals surface area contributed by atoms with Crippen LogP contribution in [0, 0.1) is 0 Å². The average molecular weight is 353 g/mol. The van der Waals surface area contributed by atoms with Gasteiger partial charge in [0.15, 0.2) is 0 Å². The Bertz CT molecular complexity index is 930. The summed E-state index contributed by atoms with van der Waals surface area (Å²) < 4.78 is 17.9. The van der Waals surface area contributed by atoms with E-state index in [1.54, 1.807) is 31.4 Å². The highest BCUT2D eigenvalue weighted by Crippen LogP contribution is 2.41. The van der Waals surface area contributed by atoms with Crippen LogP contribution in [0.5, 0.6) is 11.5 Å². The highest BCUT2D eigenvalue weighted by molar-refractivity contribution is 5.94. The fourth-order valence-electron chi connectivity index (χ4n) is 3.32. The first-order chi connectivity index (χ1) is 12.7. The number of nitrogens with zero attached hydrogens (tertiary/aromatic N) is 2. The molecule has 134 valence electrons. The minimum Gasteiger partial charge on any atom is -0.497 e. The number of anilines is 1. The SMILES string of the molecule is COc1ccc(C2CC(=O)Nc3c2cnn3Cc2ccco2)c(OC)c1. The van der Waals surface area contributed by atoms with Gasteiger partial charge in [0.1, 0.15) is 29.6 Å². The van der Waals surface area contributed by atoms with Crippen molar-refractivity contribution >= 4 is 11.7 Å². The summed E-state index contributed by atoms with van der Waals surface area (Å²) in [5.74, 6) is 2.68. The number of aromatic nitrogens is 2. The van der Waals surface area contributed by atoms with Gasteiger partial charge in [-0.3, -0.25) is 4.79 Å². The molecule has 1 unspecified atom stereocenters. The Kier molecular flexibility index (Phi) is 4.12. The normalized spacial score (nSPS) is 16.1. The summed E-state index contributed by atoms with van der Waals surface area (Å²) in [6, 6.07) is 9.35. The Hall–Kier alpha value is -3.22. The van der Waals surface area contributed by atoms with E-state index in [-0.39, 0.29) is 11.8 Å². The zero-order chi connectivity index (χ0) is 18.1. The van der Waals surface area contributed by atoms with Crippen LogP contribution in [-0.4, -0.2) is 29.9 Å². The van der Waals surface area contributed by atoms with Crippen LogP contribution in [0.2, 0.25) is 0 Å². The molecular weight excluding hydrogens is 334 g/mol. The molecule has 0 saturated heterocycles. The van der Waals surface area contributed by atoms with Crippen molar-refractivity contribution in [2.75, 3.05) is 19.5 Å². The Morgan fingerprint density at radius 3 is 2.88 bits per heavy atom. The molecule has 0 radical (unpaired) electrons. The number of amides is 1. The lowest BCUT2D eigenvalue weighted by atomic mass is 9.86. The Balaban J connectivity index is 1.74. The van der Waals surface area contributed by atoms with Gasteiger partial charge in [-0.2, -0.15) is 5.10 Å². The number of furan rings is 1. The molecule has 1 N–H and O–H groups in total. The highest BCUT2D eigenvalue weighted by atomic mass is 16.5. The lowest BCUT2D eigenvalue weighted by Gasteiger charge is -2.25. The summed E-state index contributed by atoms with van der Waals surface area (Å²) in [7, 11) is 3.22. The second-order valence-corrected chi connectivity index (χ2v) is 6.10. The van der Waals surface area contributed by atoms with Gasteiger partial charge in [0, 0.05) is 29.5 Å². The van der Waals surface area contributed by atoms with Crippen molar-refractivity contribution in [2.45, 2.75) is 18.9 Å². The van der Waals surface area contributed by atoms with E-state index < -0.39 is 0 Å². The third kappa shape index (κ3) is 2.81. The van der Waals surface area contributed by atoms with Crippen LogP contribution in [-0.2, 0) is 11.3 Å². The topological polar surface area (TPSA) is 78.5 Å². The Morgan fingerprint density at radius 2 is 2.15 bits per heavy atom. The maximum atomic E-state index is 12.3. The average Bonchev–Trinajstić information content (AvgIpc) is 3.31. The number of hydrogen-bond acceptors (Lipinski definition) is 5. The molecule has 0 aliphatic carbocycles. The predicted molar refractivity (Wildman–Crippen MR) is 94.7 cm³/mol. The maximum absolute atomic E-state index is 12.3. The number of hydrogen-bond donors (Lipinski definition) is 1. The van der Waals surface area contributed by atoms with E-state index in [9.17, 15) is 4.79 Å². The van der Waals surface area contributed by atoms with Gasteiger partial charge in [0.25, 0.3) is 0 Å². The lowest BCUT2D eigenvalue weighted by Crippen LogP contribution is -2.25. The van der Waals surface area contributed by atoms with Gasteiger partial charge in [-0.1, -0.05) is 6.07 Å². The van der Waals surface area contributed by atoms with Gasteiger partial charge in [-0.25, -0.2) is 4.68 Å². The number of carbonyl (C=O) groups is 1. The zero-order valence-corrected chi connectivity index (χ0v) is 14.6. The van der Waals surface area contributed by atoms with Crippen LogP contribution in [0.15, 0.2) is 47.2 Å². The van der Waals surface area contributed by atoms with Crippen molar-refractivity contribution < 1.29 is 18.7 Å². The summed E-state index contributed by atoms with van der Waals surface area (Å²) in [6.07, 6.45) is 3.75. The minimum absolute atomic E-state index is 0.0541. The van der Waals surface area contributed by atoms with Gasteiger partial charge in [-0.15, -0.1) is 0 Å². The second-order valence-electron chi connectivity index (χ2n) is 6.10. The first-order valence-corrected chi connectivity index (χ1v) is 8.29. The van der Waals surface area contributed by atoms with Crippen molar-refractivity contribution in [3.63, 3.8) is 0 Å². The first-order valence-electron chi connectivity index (χ1n) is 8.29. The van der Waals surface area contributed by atoms with Crippen molar-refractivity contribution in [3.8, 4) is 11.5 Å². The molecular formula is C19H19N3O4. The minimum atomic E-state index is -0.134. The Labute approximate surface area is 150 Å². The van der Waals surface area contributed by atoms with E-state index in [1.807, 2.05) is 30.3 Å². The molecule has 1 aliphatic heterocycles. The largest absolute Gasteiger partial charge is 0.497 e. The smallest absolute Gasteiger partial charge is 0.226 e. The molecule has 0 fully saturated rings. The Morgan fingerprint density at radius 1 is 1.27 bits per heavy atom. The number of benzene rings is 1. The van der Waals surface area contributed by atoms with Gasteiger partial charge in [0.2, 0.25) is 5.91 Å². The van der Waals surface area contributed by atoms with Gasteiger partial charge < -0.3 is 19.2 Å². The standard InChI is InChI=1S/C19H19N3O4/c1-24-12-5-6-14(17(8-12)25-2)15-9-18(23)21-19-16(15)10-20-22(19)11-13-4-3-7-26-13/h3-8,10,15H,9,11H2,1-2H3,(H,21,23). The summed E-state index contributed by atoms with van der Waals surface area (Å²) >= 11 is 0. The molecule has 1 amide bonds. The number of methoxy groups -OCH3 is 2.